The molecule has 2 aromatic carbocycles. The summed E-state index contributed by atoms with van der Waals surface area (Å²) >= 11 is 0. The lowest BCUT2D eigenvalue weighted by molar-refractivity contribution is 0.102. The van der Waals surface area contributed by atoms with Crippen molar-refractivity contribution in [1.29, 1.82) is 0 Å². The van der Waals surface area contributed by atoms with Crippen molar-refractivity contribution >= 4 is 28.2 Å². The number of carbonyl (C=O) groups excluding carboxylic acids is 1. The number of nitrogens with two attached hydrogens (primary N) is 1. The van der Waals surface area contributed by atoms with Crippen molar-refractivity contribution in [3.63, 3.8) is 0 Å². The number of benzene rings is 2. The van der Waals surface area contributed by atoms with E-state index in [0.29, 0.717) is 11.3 Å². The third-order valence-electron chi connectivity index (χ3n) is 3.59. The van der Waals surface area contributed by atoms with Gasteiger partial charge in [0.05, 0.1) is 5.56 Å². The van der Waals surface area contributed by atoms with Gasteiger partial charge in [0.1, 0.15) is 0 Å². The van der Waals surface area contributed by atoms with Gasteiger partial charge in [-0.15, -0.1) is 0 Å². The first kappa shape index (κ1) is 13.2. The molecule has 1 heterocycles. The highest BCUT2D eigenvalue weighted by Gasteiger charge is 2.13. The summed E-state index contributed by atoms with van der Waals surface area (Å²) in [5.41, 5.74) is 10.9. The van der Waals surface area contributed by atoms with Crippen LogP contribution in [0, 0.1) is 13.8 Å². The molecule has 106 valence electrons. The van der Waals surface area contributed by atoms with Crippen molar-refractivity contribution in [2.45, 2.75) is 13.8 Å². The van der Waals surface area contributed by atoms with Crippen LogP contribution in [0.4, 0.5) is 11.4 Å². The molecule has 0 spiro atoms. The Morgan fingerprint density at radius 3 is 2.76 bits per heavy atom. The van der Waals surface area contributed by atoms with Gasteiger partial charge in [-0.05, 0) is 49.2 Å². The van der Waals surface area contributed by atoms with Crippen molar-refractivity contribution in [2.75, 3.05) is 11.1 Å². The molecule has 0 bridgehead atoms. The lowest BCUT2D eigenvalue weighted by Crippen LogP contribution is -2.12. The average molecular weight is 279 g/mol. The second-order valence-electron chi connectivity index (χ2n) is 5.28. The summed E-state index contributed by atoms with van der Waals surface area (Å²) < 4.78 is 0. The number of aryl methyl sites for hydroxylation is 2. The Balaban J connectivity index is 1.97. The number of rotatable bonds is 2. The van der Waals surface area contributed by atoms with Gasteiger partial charge in [-0.3, -0.25) is 4.79 Å². The lowest BCUT2D eigenvalue weighted by atomic mass is 10.1. The van der Waals surface area contributed by atoms with E-state index in [0.717, 1.165) is 27.7 Å². The molecule has 4 N–H and O–H groups in total. The first-order chi connectivity index (χ1) is 10.0. The minimum atomic E-state index is -0.138. The number of aromatic amines is 1. The molecule has 0 atom stereocenters. The standard InChI is InChI=1S/C17H17N3O/c1-10-3-4-11(2)16(7-10)20-17(21)14-9-19-15-6-5-12(18)8-13(14)15/h3-9,19H,18H2,1-2H3,(H,20,21). The number of amides is 1. The van der Waals surface area contributed by atoms with E-state index in [2.05, 4.69) is 10.3 Å². The third kappa shape index (κ3) is 2.48. The van der Waals surface area contributed by atoms with Crippen LogP contribution >= 0.6 is 0 Å². The van der Waals surface area contributed by atoms with Crippen LogP contribution < -0.4 is 11.1 Å². The maximum absolute atomic E-state index is 12.5. The summed E-state index contributed by atoms with van der Waals surface area (Å²) in [6.07, 6.45) is 1.71. The Bertz CT molecular complexity index is 833. The molecule has 0 unspecified atom stereocenters. The number of hydrogen-bond donors (Lipinski definition) is 3. The Morgan fingerprint density at radius 2 is 1.95 bits per heavy atom. The molecule has 3 aromatic rings. The minimum Gasteiger partial charge on any atom is -0.399 e. The quantitative estimate of drug-likeness (QED) is 0.627. The molecule has 4 nitrogen and oxygen atoms in total. The van der Waals surface area contributed by atoms with Crippen LogP contribution in [0.1, 0.15) is 21.5 Å². The number of nitrogen functional groups attached to an aromatic ring is 1. The topological polar surface area (TPSA) is 70.9 Å². The molecule has 21 heavy (non-hydrogen) atoms. The highest BCUT2D eigenvalue weighted by atomic mass is 16.1. The van der Waals surface area contributed by atoms with Gasteiger partial charge < -0.3 is 16.0 Å². The van der Waals surface area contributed by atoms with Crippen molar-refractivity contribution in [3.8, 4) is 0 Å². The van der Waals surface area contributed by atoms with Gasteiger partial charge in [0.25, 0.3) is 5.91 Å². The number of nitrogens with one attached hydrogen (secondary N) is 2. The smallest absolute Gasteiger partial charge is 0.257 e. The van der Waals surface area contributed by atoms with Gasteiger partial charge in [-0.25, -0.2) is 0 Å². The lowest BCUT2D eigenvalue weighted by Gasteiger charge is -2.09. The van der Waals surface area contributed by atoms with Gasteiger partial charge in [0, 0.05) is 28.5 Å². The summed E-state index contributed by atoms with van der Waals surface area (Å²) in [6.45, 7) is 3.98. The van der Waals surface area contributed by atoms with Crippen LogP contribution in [0.2, 0.25) is 0 Å². The second-order valence-corrected chi connectivity index (χ2v) is 5.28. The van der Waals surface area contributed by atoms with Crippen LogP contribution in [-0.2, 0) is 0 Å². The second kappa shape index (κ2) is 4.98. The van der Waals surface area contributed by atoms with Gasteiger partial charge in [-0.2, -0.15) is 0 Å². The molecule has 4 heteroatoms. The van der Waals surface area contributed by atoms with E-state index in [1.165, 1.54) is 0 Å². The van der Waals surface area contributed by atoms with E-state index >= 15 is 0 Å². The number of fused-ring (bicyclic) bond motifs is 1. The molecule has 0 fully saturated rings. The third-order valence-corrected chi connectivity index (χ3v) is 3.59. The first-order valence-electron chi connectivity index (χ1n) is 6.80. The summed E-state index contributed by atoms with van der Waals surface area (Å²) in [6, 6.07) is 11.5. The zero-order valence-electron chi connectivity index (χ0n) is 12.0. The molecule has 1 amide bonds. The van der Waals surface area contributed by atoms with Crippen LogP contribution in [0.3, 0.4) is 0 Å². The van der Waals surface area contributed by atoms with Crippen LogP contribution in [0.5, 0.6) is 0 Å². The Kier molecular flexibility index (Phi) is 3.14. The monoisotopic (exact) mass is 279 g/mol. The van der Waals surface area contributed by atoms with E-state index in [9.17, 15) is 4.79 Å². The van der Waals surface area contributed by atoms with Gasteiger partial charge in [-0.1, -0.05) is 12.1 Å². The van der Waals surface area contributed by atoms with E-state index < -0.39 is 0 Å². The zero-order chi connectivity index (χ0) is 15.0. The molecule has 0 aliphatic heterocycles. The van der Waals surface area contributed by atoms with Gasteiger partial charge in [0.2, 0.25) is 0 Å². The van der Waals surface area contributed by atoms with Crippen molar-refractivity contribution < 1.29 is 4.79 Å². The van der Waals surface area contributed by atoms with Crippen LogP contribution in [0.25, 0.3) is 10.9 Å². The molecule has 0 saturated heterocycles. The normalized spacial score (nSPS) is 10.8. The number of aromatic nitrogens is 1. The van der Waals surface area contributed by atoms with E-state index in [1.54, 1.807) is 6.20 Å². The zero-order valence-corrected chi connectivity index (χ0v) is 12.0. The van der Waals surface area contributed by atoms with Crippen LogP contribution in [0.15, 0.2) is 42.6 Å². The maximum atomic E-state index is 12.5. The average Bonchev–Trinajstić information content (AvgIpc) is 2.85. The summed E-state index contributed by atoms with van der Waals surface area (Å²) in [5, 5.41) is 3.80. The molecule has 0 aliphatic carbocycles. The summed E-state index contributed by atoms with van der Waals surface area (Å²) in [5.74, 6) is -0.138. The molecule has 3 rings (SSSR count). The number of carbonyl (C=O) groups is 1. The first-order valence-corrected chi connectivity index (χ1v) is 6.80. The Hall–Kier alpha value is -2.75. The fraction of sp³-hybridized carbons (Fsp3) is 0.118. The van der Waals surface area contributed by atoms with Crippen molar-refractivity contribution in [3.05, 3.63) is 59.3 Å². The van der Waals surface area contributed by atoms with Crippen molar-refractivity contribution in [1.82, 2.24) is 4.98 Å². The largest absolute Gasteiger partial charge is 0.399 e. The molecule has 0 saturated carbocycles. The molecule has 1 aromatic heterocycles. The van der Waals surface area contributed by atoms with Gasteiger partial charge >= 0.3 is 0 Å². The maximum Gasteiger partial charge on any atom is 0.257 e. The SMILES string of the molecule is Cc1ccc(C)c(NC(=O)c2c[nH]c3ccc(N)cc23)c1. The highest BCUT2D eigenvalue weighted by Crippen LogP contribution is 2.23. The predicted molar refractivity (Wildman–Crippen MR) is 86.6 cm³/mol. The molecular weight excluding hydrogens is 262 g/mol. The Morgan fingerprint density at radius 1 is 1.14 bits per heavy atom. The number of hydrogen-bond acceptors (Lipinski definition) is 2. The predicted octanol–water partition coefficient (Wildman–Crippen LogP) is 3.62. The molecule has 0 aliphatic rings. The minimum absolute atomic E-state index is 0.138. The van der Waals surface area contributed by atoms with E-state index in [1.807, 2.05) is 50.2 Å². The summed E-state index contributed by atoms with van der Waals surface area (Å²) in [7, 11) is 0. The van der Waals surface area contributed by atoms with E-state index in [4.69, 9.17) is 5.73 Å². The molecule has 0 radical (unpaired) electrons. The summed E-state index contributed by atoms with van der Waals surface area (Å²) in [4.78, 5) is 15.6. The highest BCUT2D eigenvalue weighted by molar-refractivity contribution is 6.13. The Labute approximate surface area is 123 Å². The number of anilines is 2. The van der Waals surface area contributed by atoms with E-state index in [-0.39, 0.29) is 5.91 Å². The van der Waals surface area contributed by atoms with Crippen LogP contribution in [-0.4, -0.2) is 10.9 Å². The van der Waals surface area contributed by atoms with Gasteiger partial charge in [0.15, 0.2) is 0 Å². The fourth-order valence-corrected chi connectivity index (χ4v) is 2.39. The number of H-pyrrole nitrogens is 1. The van der Waals surface area contributed by atoms with Crippen molar-refractivity contribution in [2.24, 2.45) is 0 Å². The fourth-order valence-electron chi connectivity index (χ4n) is 2.39. The molecular formula is C17H17N3O.